The van der Waals surface area contributed by atoms with Crippen LogP contribution in [0.1, 0.15) is 31.0 Å². The first-order chi connectivity index (χ1) is 13.8. The molecule has 1 fully saturated rings. The number of aliphatic hydroxyl groups excluding tert-OH is 1. The van der Waals surface area contributed by atoms with Crippen LogP contribution in [0.2, 0.25) is 0 Å². The number of ketones is 1. The second-order valence-electron chi connectivity index (χ2n) is 7.01. The standard InChI is InChI=1S/C22H22FNO5/c1-13(2)29-12-11-24-19(14-5-9-17(25)10-6-14)18(21(27)22(24)28)20(26)15-3-7-16(23)8-4-15/h3-10,13,19,25-26H,11-12H2,1-2H3/b20-18-. The largest absolute Gasteiger partial charge is 0.508 e. The van der Waals surface area contributed by atoms with Gasteiger partial charge in [0.1, 0.15) is 17.3 Å². The molecule has 2 N–H and O–H groups in total. The lowest BCUT2D eigenvalue weighted by atomic mass is 9.95. The zero-order valence-electron chi connectivity index (χ0n) is 16.1. The molecule has 0 bridgehead atoms. The smallest absolute Gasteiger partial charge is 0.295 e. The molecule has 0 radical (unpaired) electrons. The van der Waals surface area contributed by atoms with E-state index >= 15 is 0 Å². The Morgan fingerprint density at radius 3 is 2.31 bits per heavy atom. The van der Waals surface area contributed by atoms with Gasteiger partial charge in [0.25, 0.3) is 11.7 Å². The highest BCUT2D eigenvalue weighted by Crippen LogP contribution is 2.39. The number of rotatable bonds is 6. The molecular weight excluding hydrogens is 377 g/mol. The zero-order valence-corrected chi connectivity index (χ0v) is 16.1. The van der Waals surface area contributed by atoms with E-state index in [4.69, 9.17) is 4.74 Å². The van der Waals surface area contributed by atoms with Gasteiger partial charge in [0.15, 0.2) is 0 Å². The molecule has 1 unspecified atom stereocenters. The SMILES string of the molecule is CC(C)OCCN1C(=O)C(=O)/C(=C(\O)c2ccc(F)cc2)C1c1ccc(O)cc1. The van der Waals surface area contributed by atoms with Crippen molar-refractivity contribution in [3.63, 3.8) is 0 Å². The number of phenols is 1. The molecule has 2 aromatic rings. The van der Waals surface area contributed by atoms with Gasteiger partial charge in [0, 0.05) is 12.1 Å². The fourth-order valence-electron chi connectivity index (χ4n) is 3.26. The summed E-state index contributed by atoms with van der Waals surface area (Å²) >= 11 is 0. The molecule has 7 heteroatoms. The zero-order chi connectivity index (χ0) is 21.1. The van der Waals surface area contributed by atoms with E-state index in [1.807, 2.05) is 13.8 Å². The summed E-state index contributed by atoms with van der Waals surface area (Å²) in [4.78, 5) is 26.8. The molecule has 152 valence electrons. The van der Waals surface area contributed by atoms with Crippen LogP contribution in [0, 0.1) is 5.82 Å². The maximum atomic E-state index is 13.2. The van der Waals surface area contributed by atoms with Gasteiger partial charge in [-0.1, -0.05) is 12.1 Å². The summed E-state index contributed by atoms with van der Waals surface area (Å²) in [5.41, 5.74) is 0.693. The summed E-state index contributed by atoms with van der Waals surface area (Å²) < 4.78 is 18.8. The van der Waals surface area contributed by atoms with Gasteiger partial charge in [0.05, 0.1) is 24.3 Å². The number of aromatic hydroxyl groups is 1. The number of phenolic OH excluding ortho intramolecular Hbond substituents is 1. The van der Waals surface area contributed by atoms with E-state index in [-0.39, 0.29) is 41.9 Å². The van der Waals surface area contributed by atoms with E-state index < -0.39 is 23.5 Å². The molecule has 1 aliphatic heterocycles. The van der Waals surface area contributed by atoms with Crippen molar-refractivity contribution in [2.45, 2.75) is 26.0 Å². The number of ether oxygens (including phenoxy) is 1. The molecule has 1 atom stereocenters. The molecular formula is C22H22FNO5. The highest BCUT2D eigenvalue weighted by atomic mass is 19.1. The molecule has 3 rings (SSSR count). The Morgan fingerprint density at radius 2 is 1.72 bits per heavy atom. The second-order valence-corrected chi connectivity index (χ2v) is 7.01. The molecule has 0 aliphatic carbocycles. The Morgan fingerprint density at radius 1 is 1.10 bits per heavy atom. The minimum absolute atomic E-state index is 0.0346. The minimum Gasteiger partial charge on any atom is -0.508 e. The van der Waals surface area contributed by atoms with Crippen LogP contribution in [0.15, 0.2) is 54.1 Å². The van der Waals surface area contributed by atoms with Crippen molar-refractivity contribution in [3.8, 4) is 5.75 Å². The summed E-state index contributed by atoms with van der Waals surface area (Å²) in [6.07, 6.45) is -0.0434. The van der Waals surface area contributed by atoms with Crippen LogP contribution in [0.5, 0.6) is 5.75 Å². The number of aliphatic hydroxyl groups is 1. The first-order valence-electron chi connectivity index (χ1n) is 9.24. The number of Topliss-reactive ketones (excluding diaryl/α,β-unsaturated/α-hetero) is 1. The summed E-state index contributed by atoms with van der Waals surface area (Å²) in [5.74, 6) is -2.41. The molecule has 0 spiro atoms. The van der Waals surface area contributed by atoms with Gasteiger partial charge in [-0.05, 0) is 55.8 Å². The first kappa shape index (κ1) is 20.5. The highest BCUT2D eigenvalue weighted by molar-refractivity contribution is 6.46. The van der Waals surface area contributed by atoms with Gasteiger partial charge in [0.2, 0.25) is 0 Å². The van der Waals surface area contributed by atoms with Crippen molar-refractivity contribution in [3.05, 3.63) is 71.0 Å². The lowest BCUT2D eigenvalue weighted by Gasteiger charge is -2.25. The molecule has 2 aromatic carbocycles. The number of hydrogen-bond donors (Lipinski definition) is 2. The van der Waals surface area contributed by atoms with Crippen molar-refractivity contribution >= 4 is 17.4 Å². The summed E-state index contributed by atoms with van der Waals surface area (Å²) in [5, 5.41) is 20.4. The summed E-state index contributed by atoms with van der Waals surface area (Å²) in [6.45, 7) is 4.09. The number of nitrogens with zero attached hydrogens (tertiary/aromatic N) is 1. The molecule has 29 heavy (non-hydrogen) atoms. The van der Waals surface area contributed by atoms with Gasteiger partial charge in [-0.25, -0.2) is 4.39 Å². The number of benzene rings is 2. The molecule has 1 aliphatic rings. The maximum absolute atomic E-state index is 13.2. The fourth-order valence-corrected chi connectivity index (χ4v) is 3.26. The Labute approximate surface area is 167 Å². The van der Waals surface area contributed by atoms with Gasteiger partial charge in [-0.2, -0.15) is 0 Å². The van der Waals surface area contributed by atoms with E-state index in [9.17, 15) is 24.2 Å². The maximum Gasteiger partial charge on any atom is 0.295 e. The lowest BCUT2D eigenvalue weighted by molar-refractivity contribution is -0.140. The molecule has 0 aromatic heterocycles. The van der Waals surface area contributed by atoms with Crippen LogP contribution in [0.4, 0.5) is 4.39 Å². The molecule has 0 saturated carbocycles. The van der Waals surface area contributed by atoms with E-state index in [0.717, 1.165) is 12.1 Å². The van der Waals surface area contributed by atoms with Crippen LogP contribution in [-0.2, 0) is 14.3 Å². The highest BCUT2D eigenvalue weighted by Gasteiger charge is 2.45. The first-order valence-corrected chi connectivity index (χ1v) is 9.24. The van der Waals surface area contributed by atoms with E-state index in [1.54, 1.807) is 12.1 Å². The molecule has 1 heterocycles. The number of carbonyl (C=O) groups excluding carboxylic acids is 2. The molecule has 6 nitrogen and oxygen atoms in total. The number of hydrogen-bond acceptors (Lipinski definition) is 5. The Kier molecular flexibility index (Phi) is 5.98. The van der Waals surface area contributed by atoms with Crippen LogP contribution >= 0.6 is 0 Å². The van der Waals surface area contributed by atoms with E-state index in [2.05, 4.69) is 0 Å². The fraction of sp³-hybridized carbons (Fsp3) is 0.273. The quantitative estimate of drug-likeness (QED) is 0.442. The van der Waals surface area contributed by atoms with Crippen LogP contribution in [0.25, 0.3) is 5.76 Å². The normalized spacial score (nSPS) is 18.6. The minimum atomic E-state index is -0.851. The number of carbonyl (C=O) groups is 2. The average molecular weight is 399 g/mol. The van der Waals surface area contributed by atoms with Crippen LogP contribution < -0.4 is 0 Å². The number of likely N-dealkylation sites (tertiary alicyclic amines) is 1. The molecule has 1 amide bonds. The number of amides is 1. The Balaban J connectivity index is 2.07. The van der Waals surface area contributed by atoms with Crippen molar-refractivity contribution in [1.82, 2.24) is 4.90 Å². The third kappa shape index (κ3) is 4.30. The molecule has 1 saturated heterocycles. The topological polar surface area (TPSA) is 87.1 Å². The third-order valence-corrected chi connectivity index (χ3v) is 4.65. The summed E-state index contributed by atoms with van der Waals surface area (Å²) in [6, 6.07) is 10.2. The summed E-state index contributed by atoms with van der Waals surface area (Å²) in [7, 11) is 0. The Hall–Kier alpha value is -3.19. The van der Waals surface area contributed by atoms with Crippen molar-refractivity contribution in [2.75, 3.05) is 13.2 Å². The van der Waals surface area contributed by atoms with Crippen molar-refractivity contribution in [2.24, 2.45) is 0 Å². The predicted molar refractivity (Wildman–Crippen MR) is 105 cm³/mol. The van der Waals surface area contributed by atoms with Crippen LogP contribution in [-0.4, -0.2) is 46.1 Å². The van der Waals surface area contributed by atoms with Crippen molar-refractivity contribution in [1.29, 1.82) is 0 Å². The van der Waals surface area contributed by atoms with E-state index in [1.165, 1.54) is 29.2 Å². The van der Waals surface area contributed by atoms with Gasteiger partial charge >= 0.3 is 0 Å². The van der Waals surface area contributed by atoms with Gasteiger partial charge in [-0.15, -0.1) is 0 Å². The Bertz CT molecular complexity index is 935. The van der Waals surface area contributed by atoms with Crippen molar-refractivity contribution < 1.29 is 28.9 Å². The third-order valence-electron chi connectivity index (χ3n) is 4.65. The second kappa shape index (κ2) is 8.45. The van der Waals surface area contributed by atoms with E-state index in [0.29, 0.717) is 5.56 Å². The van der Waals surface area contributed by atoms with Gasteiger partial charge in [-0.3, -0.25) is 9.59 Å². The van der Waals surface area contributed by atoms with Gasteiger partial charge < -0.3 is 19.8 Å². The number of halogens is 1. The predicted octanol–water partition coefficient (Wildman–Crippen LogP) is 3.38. The van der Waals surface area contributed by atoms with Crippen LogP contribution in [0.3, 0.4) is 0 Å². The monoisotopic (exact) mass is 399 g/mol. The lowest BCUT2D eigenvalue weighted by Crippen LogP contribution is -2.33. The average Bonchev–Trinajstić information content (AvgIpc) is 2.93.